The van der Waals surface area contributed by atoms with Gasteiger partial charge in [-0.05, 0) is 55.7 Å². The highest BCUT2D eigenvalue weighted by Gasteiger charge is 2.42. The first-order valence-electron chi connectivity index (χ1n) is 7.53. The van der Waals surface area contributed by atoms with E-state index in [0.717, 1.165) is 23.9 Å². The van der Waals surface area contributed by atoms with Crippen molar-refractivity contribution in [1.29, 1.82) is 0 Å². The van der Waals surface area contributed by atoms with Crippen molar-refractivity contribution in [3.05, 3.63) is 29.8 Å². The summed E-state index contributed by atoms with van der Waals surface area (Å²) in [5.74, 6) is 1.33. The molecule has 0 saturated heterocycles. The van der Waals surface area contributed by atoms with Gasteiger partial charge in [0.2, 0.25) is 5.91 Å². The van der Waals surface area contributed by atoms with E-state index in [1.807, 2.05) is 0 Å². The zero-order valence-corrected chi connectivity index (χ0v) is 12.8. The van der Waals surface area contributed by atoms with Crippen LogP contribution < -0.4 is 5.32 Å². The van der Waals surface area contributed by atoms with Gasteiger partial charge < -0.3 is 5.32 Å². The van der Waals surface area contributed by atoms with Gasteiger partial charge in [0.25, 0.3) is 0 Å². The summed E-state index contributed by atoms with van der Waals surface area (Å²) in [6, 6.07) is 5.40. The van der Waals surface area contributed by atoms with Gasteiger partial charge >= 0.3 is 6.18 Å². The van der Waals surface area contributed by atoms with Crippen LogP contribution in [0.15, 0.2) is 29.2 Å². The van der Waals surface area contributed by atoms with Crippen LogP contribution >= 0.6 is 11.8 Å². The third-order valence-electron chi connectivity index (χ3n) is 4.12. The predicted octanol–water partition coefficient (Wildman–Crippen LogP) is 4.10. The quantitative estimate of drug-likeness (QED) is 0.796. The Bertz CT molecular complexity index is 541. The topological polar surface area (TPSA) is 29.1 Å². The summed E-state index contributed by atoms with van der Waals surface area (Å²) >= 11 is 1.15. The molecule has 2 saturated carbocycles. The highest BCUT2D eigenvalue weighted by molar-refractivity contribution is 8.00. The van der Waals surface area contributed by atoms with Crippen LogP contribution in [0.5, 0.6) is 0 Å². The van der Waals surface area contributed by atoms with Gasteiger partial charge in [-0.25, -0.2) is 0 Å². The van der Waals surface area contributed by atoms with Crippen molar-refractivity contribution < 1.29 is 18.0 Å². The molecule has 0 bridgehead atoms. The van der Waals surface area contributed by atoms with E-state index in [4.69, 9.17) is 0 Å². The van der Waals surface area contributed by atoms with Gasteiger partial charge in [0.1, 0.15) is 0 Å². The average Bonchev–Trinajstić information content (AvgIpc) is 3.35. The van der Waals surface area contributed by atoms with Gasteiger partial charge in [0.15, 0.2) is 0 Å². The third kappa shape index (κ3) is 4.18. The molecule has 0 unspecified atom stereocenters. The number of hydrogen-bond acceptors (Lipinski definition) is 2. The largest absolute Gasteiger partial charge is 0.416 e. The van der Waals surface area contributed by atoms with E-state index < -0.39 is 11.7 Å². The summed E-state index contributed by atoms with van der Waals surface area (Å²) in [7, 11) is 0. The highest BCUT2D eigenvalue weighted by Crippen LogP contribution is 2.44. The molecule has 1 aromatic rings. The molecule has 2 aliphatic rings. The fraction of sp³-hybridized carbons (Fsp3) is 0.562. The summed E-state index contributed by atoms with van der Waals surface area (Å²) in [6.45, 7) is 0. The number of nitrogens with one attached hydrogen (secondary N) is 1. The Morgan fingerprint density at radius 2 is 1.86 bits per heavy atom. The highest BCUT2D eigenvalue weighted by atomic mass is 32.2. The van der Waals surface area contributed by atoms with Crippen molar-refractivity contribution >= 4 is 17.7 Å². The van der Waals surface area contributed by atoms with E-state index in [1.165, 1.54) is 31.7 Å². The molecule has 1 aromatic carbocycles. The van der Waals surface area contributed by atoms with Crippen LogP contribution in [0, 0.1) is 11.8 Å². The van der Waals surface area contributed by atoms with Gasteiger partial charge in [-0.3, -0.25) is 4.79 Å². The minimum absolute atomic E-state index is 0.0776. The summed E-state index contributed by atoms with van der Waals surface area (Å²) in [6.07, 6.45) is 0.386. The van der Waals surface area contributed by atoms with Crippen LogP contribution in [0.3, 0.4) is 0 Å². The van der Waals surface area contributed by atoms with Crippen LogP contribution in [-0.2, 0) is 11.0 Å². The second-order valence-electron chi connectivity index (χ2n) is 6.08. The minimum atomic E-state index is -4.35. The molecule has 22 heavy (non-hydrogen) atoms. The first kappa shape index (κ1) is 15.7. The minimum Gasteiger partial charge on any atom is -0.352 e. The SMILES string of the molecule is O=C(CSc1cccc(C(F)(F)F)c1)NC(C1CC1)C1CC1. The molecule has 0 heterocycles. The summed E-state index contributed by atoms with van der Waals surface area (Å²) in [5, 5.41) is 3.07. The number of hydrogen-bond donors (Lipinski definition) is 1. The monoisotopic (exact) mass is 329 g/mol. The molecule has 1 N–H and O–H groups in total. The molecule has 0 spiro atoms. The molecule has 0 aromatic heterocycles. The molecular weight excluding hydrogens is 311 g/mol. The summed E-state index contributed by atoms with van der Waals surface area (Å²) in [5.41, 5.74) is -0.674. The van der Waals surface area contributed by atoms with Crippen LogP contribution in [0.25, 0.3) is 0 Å². The van der Waals surface area contributed by atoms with Crippen LogP contribution in [0.1, 0.15) is 31.2 Å². The Hall–Kier alpha value is -1.17. The van der Waals surface area contributed by atoms with E-state index >= 15 is 0 Å². The number of amides is 1. The average molecular weight is 329 g/mol. The number of carbonyl (C=O) groups is 1. The maximum atomic E-state index is 12.6. The normalized spacial score (nSPS) is 18.5. The number of halogens is 3. The standard InChI is InChI=1S/C16H18F3NOS/c17-16(18,19)12-2-1-3-13(8-12)22-9-14(21)20-15(10-4-5-10)11-6-7-11/h1-3,8,10-11,15H,4-7,9H2,(H,20,21). The lowest BCUT2D eigenvalue weighted by molar-refractivity contribution is -0.137. The lowest BCUT2D eigenvalue weighted by Gasteiger charge is -2.17. The van der Waals surface area contributed by atoms with E-state index in [1.54, 1.807) is 6.07 Å². The molecule has 2 aliphatic carbocycles. The Labute approximate surface area is 131 Å². The van der Waals surface area contributed by atoms with Gasteiger partial charge in [-0.15, -0.1) is 11.8 Å². The molecule has 1 amide bonds. The molecule has 2 fully saturated rings. The number of alkyl halides is 3. The van der Waals surface area contributed by atoms with Gasteiger partial charge in [-0.1, -0.05) is 6.07 Å². The molecule has 3 rings (SSSR count). The Morgan fingerprint density at radius 1 is 1.23 bits per heavy atom. The molecule has 0 radical (unpaired) electrons. The first-order chi connectivity index (χ1) is 10.4. The van der Waals surface area contributed by atoms with E-state index in [2.05, 4.69) is 5.32 Å². The lowest BCUT2D eigenvalue weighted by atomic mass is 10.1. The Kier molecular flexibility index (Phi) is 4.39. The van der Waals surface area contributed by atoms with Crippen LogP contribution in [-0.4, -0.2) is 17.7 Å². The second-order valence-corrected chi connectivity index (χ2v) is 7.13. The second kappa shape index (κ2) is 6.14. The summed E-state index contributed by atoms with van der Waals surface area (Å²) in [4.78, 5) is 12.5. The van der Waals surface area contributed by atoms with Crippen molar-refractivity contribution in [2.75, 3.05) is 5.75 Å². The molecule has 0 atom stereocenters. The van der Waals surface area contributed by atoms with Crippen LogP contribution in [0.2, 0.25) is 0 Å². The third-order valence-corrected chi connectivity index (χ3v) is 5.11. The van der Waals surface area contributed by atoms with E-state index in [-0.39, 0.29) is 17.7 Å². The van der Waals surface area contributed by atoms with Crippen molar-refractivity contribution in [3.63, 3.8) is 0 Å². The lowest BCUT2D eigenvalue weighted by Crippen LogP contribution is -2.39. The van der Waals surface area contributed by atoms with Gasteiger partial charge in [0.05, 0.1) is 11.3 Å². The number of rotatable bonds is 6. The molecule has 0 aliphatic heterocycles. The number of thioether (sulfide) groups is 1. The molecule has 2 nitrogen and oxygen atoms in total. The maximum absolute atomic E-state index is 12.6. The number of benzene rings is 1. The number of carbonyl (C=O) groups excluding carboxylic acids is 1. The first-order valence-corrected chi connectivity index (χ1v) is 8.51. The Morgan fingerprint density at radius 3 is 2.41 bits per heavy atom. The van der Waals surface area contributed by atoms with Crippen molar-refractivity contribution in [2.45, 2.75) is 42.8 Å². The van der Waals surface area contributed by atoms with Crippen molar-refractivity contribution in [2.24, 2.45) is 11.8 Å². The summed E-state index contributed by atoms with van der Waals surface area (Å²) < 4.78 is 37.9. The zero-order valence-electron chi connectivity index (χ0n) is 12.0. The fourth-order valence-corrected chi connectivity index (χ4v) is 3.44. The van der Waals surface area contributed by atoms with E-state index in [0.29, 0.717) is 16.7 Å². The Balaban J connectivity index is 1.52. The van der Waals surface area contributed by atoms with Crippen molar-refractivity contribution in [1.82, 2.24) is 5.32 Å². The maximum Gasteiger partial charge on any atom is 0.416 e. The van der Waals surface area contributed by atoms with Gasteiger partial charge in [0, 0.05) is 10.9 Å². The fourth-order valence-electron chi connectivity index (χ4n) is 2.67. The van der Waals surface area contributed by atoms with E-state index in [9.17, 15) is 18.0 Å². The molecular formula is C16H18F3NOS. The van der Waals surface area contributed by atoms with Gasteiger partial charge in [-0.2, -0.15) is 13.2 Å². The molecule has 120 valence electrons. The molecule has 6 heteroatoms. The predicted molar refractivity (Wildman–Crippen MR) is 79.5 cm³/mol. The van der Waals surface area contributed by atoms with Crippen molar-refractivity contribution in [3.8, 4) is 0 Å². The van der Waals surface area contributed by atoms with Crippen LogP contribution in [0.4, 0.5) is 13.2 Å². The smallest absolute Gasteiger partial charge is 0.352 e. The zero-order chi connectivity index (χ0) is 15.7.